The van der Waals surface area contributed by atoms with Crippen LogP contribution in [-0.4, -0.2) is 22.8 Å². The van der Waals surface area contributed by atoms with Gasteiger partial charge >= 0.3 is 0 Å². The molecule has 7 heteroatoms. The molecular formula is C15H11ClN2O4. The number of rotatable bonds is 3. The van der Waals surface area contributed by atoms with E-state index in [1.165, 1.54) is 18.2 Å². The van der Waals surface area contributed by atoms with E-state index in [9.17, 15) is 14.9 Å². The smallest absolute Gasteiger partial charge is 0.271 e. The maximum absolute atomic E-state index is 11.8. The van der Waals surface area contributed by atoms with Crippen LogP contribution in [0.1, 0.15) is 15.9 Å². The molecule has 0 atom stereocenters. The summed E-state index contributed by atoms with van der Waals surface area (Å²) in [7, 11) is 1.73. The van der Waals surface area contributed by atoms with Crippen molar-refractivity contribution in [1.82, 2.24) is 4.90 Å². The Balaban J connectivity index is 1.87. The van der Waals surface area contributed by atoms with E-state index in [1.807, 2.05) is 0 Å². The summed E-state index contributed by atoms with van der Waals surface area (Å²) in [5.74, 6) is 0.831. The maximum Gasteiger partial charge on any atom is 0.271 e. The highest BCUT2D eigenvalue weighted by molar-refractivity contribution is 6.32. The molecule has 0 bridgehead atoms. The monoisotopic (exact) mass is 318 g/mol. The number of non-ortho nitro benzene ring substituents is 1. The fourth-order valence-corrected chi connectivity index (χ4v) is 2.53. The van der Waals surface area contributed by atoms with E-state index in [4.69, 9.17) is 16.3 Å². The van der Waals surface area contributed by atoms with Crippen LogP contribution in [0.4, 0.5) is 5.69 Å². The van der Waals surface area contributed by atoms with Crippen molar-refractivity contribution in [2.75, 3.05) is 7.05 Å². The van der Waals surface area contributed by atoms with Crippen molar-refractivity contribution < 1.29 is 14.5 Å². The van der Waals surface area contributed by atoms with Gasteiger partial charge in [-0.2, -0.15) is 0 Å². The highest BCUT2D eigenvalue weighted by Gasteiger charge is 2.24. The van der Waals surface area contributed by atoms with E-state index < -0.39 is 4.92 Å². The van der Waals surface area contributed by atoms with Crippen molar-refractivity contribution in [1.29, 1.82) is 0 Å². The molecule has 1 amide bonds. The highest BCUT2D eigenvalue weighted by Crippen LogP contribution is 2.34. The second-order valence-corrected chi connectivity index (χ2v) is 5.36. The van der Waals surface area contributed by atoms with E-state index in [0.717, 1.165) is 5.56 Å². The quantitative estimate of drug-likeness (QED) is 0.640. The number of nitro groups is 1. The fraction of sp³-hybridized carbons (Fsp3) is 0.133. The second kappa shape index (κ2) is 5.31. The summed E-state index contributed by atoms with van der Waals surface area (Å²) in [5, 5.41) is 10.8. The number of nitrogens with zero attached hydrogens (tertiary/aromatic N) is 2. The van der Waals surface area contributed by atoms with Gasteiger partial charge in [0, 0.05) is 31.3 Å². The van der Waals surface area contributed by atoms with Crippen LogP contribution < -0.4 is 4.74 Å². The summed E-state index contributed by atoms with van der Waals surface area (Å²) in [6.45, 7) is 0.527. The average Bonchev–Trinajstić information content (AvgIpc) is 2.75. The third kappa shape index (κ3) is 2.48. The van der Waals surface area contributed by atoms with Gasteiger partial charge in [-0.15, -0.1) is 0 Å². The molecule has 0 saturated heterocycles. The number of carbonyl (C=O) groups is 1. The zero-order valence-corrected chi connectivity index (χ0v) is 12.3. The lowest BCUT2D eigenvalue weighted by molar-refractivity contribution is -0.384. The Morgan fingerprint density at radius 2 is 2.05 bits per heavy atom. The summed E-state index contributed by atoms with van der Waals surface area (Å²) in [6, 6.07) is 9.16. The normalized spacial score (nSPS) is 13.2. The van der Waals surface area contributed by atoms with Crippen molar-refractivity contribution in [3.05, 3.63) is 62.7 Å². The zero-order valence-electron chi connectivity index (χ0n) is 11.6. The standard InChI is InChI=1S/C15H11ClN2O4/c1-17-8-9-6-11(3-4-12(9)15(17)19)22-14-5-2-10(18(20)21)7-13(14)16/h2-7H,8H2,1H3. The van der Waals surface area contributed by atoms with Gasteiger partial charge in [0.2, 0.25) is 0 Å². The minimum atomic E-state index is -0.521. The molecule has 2 aromatic rings. The van der Waals surface area contributed by atoms with Crippen LogP contribution >= 0.6 is 11.6 Å². The van der Waals surface area contributed by atoms with Crippen molar-refractivity contribution in [3.8, 4) is 11.5 Å². The SMILES string of the molecule is CN1Cc2cc(Oc3ccc([N+](=O)[O-])cc3Cl)ccc2C1=O. The Morgan fingerprint density at radius 3 is 2.73 bits per heavy atom. The van der Waals surface area contributed by atoms with Crippen molar-refractivity contribution in [2.24, 2.45) is 0 Å². The number of halogens is 1. The van der Waals surface area contributed by atoms with Crippen LogP contribution in [0.5, 0.6) is 11.5 Å². The van der Waals surface area contributed by atoms with Crippen LogP contribution in [0.2, 0.25) is 5.02 Å². The number of nitro benzene ring substituents is 1. The topological polar surface area (TPSA) is 72.7 Å². The number of ether oxygens (including phenoxy) is 1. The number of fused-ring (bicyclic) bond motifs is 1. The zero-order chi connectivity index (χ0) is 15.9. The summed E-state index contributed by atoms with van der Waals surface area (Å²) >= 11 is 6.00. The van der Waals surface area contributed by atoms with Crippen LogP contribution in [0, 0.1) is 10.1 Å². The Hall–Kier alpha value is -2.60. The van der Waals surface area contributed by atoms with Gasteiger partial charge in [-0.05, 0) is 29.8 Å². The lowest BCUT2D eigenvalue weighted by Crippen LogP contribution is -2.17. The number of benzene rings is 2. The molecule has 3 rings (SSSR count). The summed E-state index contributed by atoms with van der Waals surface area (Å²) in [6.07, 6.45) is 0. The van der Waals surface area contributed by atoms with Gasteiger partial charge in [0.1, 0.15) is 11.5 Å². The fourth-order valence-electron chi connectivity index (χ4n) is 2.32. The van der Waals surface area contributed by atoms with Crippen LogP contribution in [0.15, 0.2) is 36.4 Å². The van der Waals surface area contributed by atoms with E-state index in [2.05, 4.69) is 0 Å². The summed E-state index contributed by atoms with van der Waals surface area (Å²) < 4.78 is 5.66. The van der Waals surface area contributed by atoms with E-state index in [1.54, 1.807) is 30.1 Å². The van der Waals surface area contributed by atoms with Crippen LogP contribution in [-0.2, 0) is 6.54 Å². The molecule has 0 saturated carbocycles. The molecule has 0 spiro atoms. The molecule has 1 aliphatic rings. The molecule has 6 nitrogen and oxygen atoms in total. The summed E-state index contributed by atoms with van der Waals surface area (Å²) in [4.78, 5) is 23.6. The molecule has 0 aromatic heterocycles. The summed E-state index contributed by atoms with van der Waals surface area (Å²) in [5.41, 5.74) is 1.44. The van der Waals surface area contributed by atoms with E-state index >= 15 is 0 Å². The first-order valence-corrected chi connectivity index (χ1v) is 6.83. The predicted octanol–water partition coefficient (Wildman–Crippen LogP) is 3.63. The van der Waals surface area contributed by atoms with Crippen molar-refractivity contribution in [2.45, 2.75) is 6.54 Å². The maximum atomic E-state index is 11.8. The first kappa shape index (κ1) is 14.3. The van der Waals surface area contributed by atoms with Gasteiger partial charge in [0.25, 0.3) is 11.6 Å². The van der Waals surface area contributed by atoms with Gasteiger partial charge in [0.15, 0.2) is 0 Å². The third-order valence-electron chi connectivity index (χ3n) is 3.42. The van der Waals surface area contributed by atoms with Gasteiger partial charge < -0.3 is 9.64 Å². The molecule has 0 fully saturated rings. The number of amides is 1. The molecule has 1 heterocycles. The molecule has 0 unspecified atom stereocenters. The van der Waals surface area contributed by atoms with E-state index in [0.29, 0.717) is 23.6 Å². The van der Waals surface area contributed by atoms with Crippen LogP contribution in [0.25, 0.3) is 0 Å². The highest BCUT2D eigenvalue weighted by atomic mass is 35.5. The molecular weight excluding hydrogens is 308 g/mol. The number of hydrogen-bond acceptors (Lipinski definition) is 4. The number of hydrogen-bond donors (Lipinski definition) is 0. The second-order valence-electron chi connectivity index (χ2n) is 4.95. The van der Waals surface area contributed by atoms with Gasteiger partial charge in [-0.1, -0.05) is 11.6 Å². The molecule has 0 aliphatic carbocycles. The van der Waals surface area contributed by atoms with Gasteiger partial charge in [-0.3, -0.25) is 14.9 Å². The molecule has 0 radical (unpaired) electrons. The lowest BCUT2D eigenvalue weighted by atomic mass is 10.1. The Morgan fingerprint density at radius 1 is 1.27 bits per heavy atom. The molecule has 22 heavy (non-hydrogen) atoms. The third-order valence-corrected chi connectivity index (χ3v) is 3.71. The molecule has 0 N–H and O–H groups in total. The Kier molecular flexibility index (Phi) is 3.46. The van der Waals surface area contributed by atoms with Crippen molar-refractivity contribution >= 4 is 23.2 Å². The minimum absolute atomic E-state index is 0.0186. The minimum Gasteiger partial charge on any atom is -0.456 e. The lowest BCUT2D eigenvalue weighted by Gasteiger charge is -2.08. The first-order valence-electron chi connectivity index (χ1n) is 6.46. The van der Waals surface area contributed by atoms with E-state index in [-0.39, 0.29) is 16.6 Å². The van der Waals surface area contributed by atoms with Gasteiger partial charge in [-0.25, -0.2) is 0 Å². The van der Waals surface area contributed by atoms with Gasteiger partial charge in [0.05, 0.1) is 9.95 Å². The molecule has 2 aromatic carbocycles. The Labute approximate surface area is 131 Å². The average molecular weight is 319 g/mol. The number of carbonyl (C=O) groups excluding carboxylic acids is 1. The molecule has 112 valence electrons. The first-order chi connectivity index (χ1) is 10.5. The largest absolute Gasteiger partial charge is 0.456 e. The molecule has 1 aliphatic heterocycles. The van der Waals surface area contributed by atoms with Crippen LogP contribution in [0.3, 0.4) is 0 Å². The predicted molar refractivity (Wildman–Crippen MR) is 80.4 cm³/mol. The Bertz CT molecular complexity index is 791. The van der Waals surface area contributed by atoms with Crippen molar-refractivity contribution in [3.63, 3.8) is 0 Å².